The van der Waals surface area contributed by atoms with Crippen LogP contribution in [0.5, 0.6) is 0 Å². The number of hydrogen-bond donors (Lipinski definition) is 0. The monoisotopic (exact) mass is 255 g/mol. The van der Waals surface area contributed by atoms with Gasteiger partial charge >= 0.3 is 0 Å². The van der Waals surface area contributed by atoms with Crippen molar-refractivity contribution < 1.29 is 4.79 Å². The van der Waals surface area contributed by atoms with Gasteiger partial charge < -0.3 is 4.57 Å². The highest BCUT2D eigenvalue weighted by Gasteiger charge is 2.18. The number of hydrogen-bond acceptors (Lipinski definition) is 1. The molecule has 2 nitrogen and oxygen atoms in total. The SMILES string of the molecule is CCCC(CC)n1c(C)cc(C(=O)CCl)c1C. The van der Waals surface area contributed by atoms with E-state index in [0.29, 0.717) is 6.04 Å². The second-order valence-corrected chi connectivity index (χ2v) is 4.83. The van der Waals surface area contributed by atoms with E-state index in [-0.39, 0.29) is 11.7 Å². The lowest BCUT2D eigenvalue weighted by Crippen LogP contribution is -2.12. The van der Waals surface area contributed by atoms with Gasteiger partial charge in [-0.05, 0) is 32.8 Å². The molecule has 0 fully saturated rings. The third-order valence-electron chi connectivity index (χ3n) is 3.36. The fourth-order valence-electron chi connectivity index (χ4n) is 2.54. The number of alkyl halides is 1. The highest BCUT2D eigenvalue weighted by Crippen LogP contribution is 2.26. The molecule has 1 aromatic heterocycles. The molecule has 17 heavy (non-hydrogen) atoms. The molecule has 0 spiro atoms. The lowest BCUT2D eigenvalue weighted by Gasteiger charge is -2.21. The third-order valence-corrected chi connectivity index (χ3v) is 3.61. The Morgan fingerprint density at radius 2 is 2.06 bits per heavy atom. The fraction of sp³-hybridized carbons (Fsp3) is 0.643. The van der Waals surface area contributed by atoms with Crippen molar-refractivity contribution in [3.8, 4) is 0 Å². The summed E-state index contributed by atoms with van der Waals surface area (Å²) in [5.41, 5.74) is 3.01. The lowest BCUT2D eigenvalue weighted by atomic mass is 10.1. The summed E-state index contributed by atoms with van der Waals surface area (Å²) in [5, 5.41) is 0. The Morgan fingerprint density at radius 1 is 1.41 bits per heavy atom. The van der Waals surface area contributed by atoms with E-state index in [4.69, 9.17) is 11.6 Å². The Hall–Kier alpha value is -0.760. The van der Waals surface area contributed by atoms with Crippen molar-refractivity contribution in [2.24, 2.45) is 0 Å². The summed E-state index contributed by atoms with van der Waals surface area (Å²) in [7, 11) is 0. The number of carbonyl (C=O) groups excluding carboxylic acids is 1. The van der Waals surface area contributed by atoms with Crippen molar-refractivity contribution in [2.75, 3.05) is 5.88 Å². The first kappa shape index (κ1) is 14.3. The van der Waals surface area contributed by atoms with Gasteiger partial charge in [0.25, 0.3) is 0 Å². The molecule has 96 valence electrons. The summed E-state index contributed by atoms with van der Waals surface area (Å²) in [4.78, 5) is 11.7. The highest BCUT2D eigenvalue weighted by atomic mass is 35.5. The van der Waals surface area contributed by atoms with Crippen molar-refractivity contribution in [2.45, 2.75) is 53.0 Å². The van der Waals surface area contributed by atoms with E-state index in [2.05, 4.69) is 25.3 Å². The third kappa shape index (κ3) is 2.92. The number of aromatic nitrogens is 1. The van der Waals surface area contributed by atoms with Gasteiger partial charge in [0.05, 0.1) is 5.88 Å². The molecular formula is C14H22ClNO. The van der Waals surface area contributed by atoms with Gasteiger partial charge in [-0.25, -0.2) is 0 Å². The van der Waals surface area contributed by atoms with E-state index >= 15 is 0 Å². The Balaban J connectivity index is 3.15. The van der Waals surface area contributed by atoms with Crippen LogP contribution in [-0.4, -0.2) is 16.2 Å². The van der Waals surface area contributed by atoms with E-state index in [1.54, 1.807) is 0 Å². The zero-order valence-corrected chi connectivity index (χ0v) is 12.0. The van der Waals surface area contributed by atoms with Gasteiger partial charge in [0.2, 0.25) is 0 Å². The van der Waals surface area contributed by atoms with Crippen molar-refractivity contribution in [3.05, 3.63) is 23.0 Å². The van der Waals surface area contributed by atoms with Gasteiger partial charge in [-0.3, -0.25) is 4.79 Å². The molecule has 1 unspecified atom stereocenters. The van der Waals surface area contributed by atoms with E-state index in [1.807, 2.05) is 13.0 Å². The first-order chi connectivity index (χ1) is 8.06. The van der Waals surface area contributed by atoms with Crippen LogP contribution in [0.4, 0.5) is 0 Å². The number of aryl methyl sites for hydroxylation is 1. The predicted octanol–water partition coefficient (Wildman–Crippen LogP) is 4.28. The van der Waals surface area contributed by atoms with Gasteiger partial charge in [-0.15, -0.1) is 11.6 Å². The molecule has 1 aromatic rings. The van der Waals surface area contributed by atoms with Crippen molar-refractivity contribution in [1.82, 2.24) is 4.57 Å². The van der Waals surface area contributed by atoms with Crippen LogP contribution in [0.15, 0.2) is 6.07 Å². The summed E-state index contributed by atoms with van der Waals surface area (Å²) in [5.74, 6) is 0.0897. The van der Waals surface area contributed by atoms with Crippen LogP contribution in [0.2, 0.25) is 0 Å². The zero-order chi connectivity index (χ0) is 13.0. The number of rotatable bonds is 6. The molecule has 1 rings (SSSR count). The smallest absolute Gasteiger partial charge is 0.179 e. The number of ketones is 1. The molecular weight excluding hydrogens is 234 g/mol. The quantitative estimate of drug-likeness (QED) is 0.549. The van der Waals surface area contributed by atoms with Gasteiger partial charge in [0, 0.05) is 23.0 Å². The molecule has 0 saturated carbocycles. The van der Waals surface area contributed by atoms with Gasteiger partial charge in [0.1, 0.15) is 0 Å². The molecule has 1 heterocycles. The summed E-state index contributed by atoms with van der Waals surface area (Å²) in [6, 6.07) is 2.47. The molecule has 0 aromatic carbocycles. The number of nitrogens with zero attached hydrogens (tertiary/aromatic N) is 1. The Bertz CT molecular complexity index is 395. The molecule has 0 saturated heterocycles. The van der Waals surface area contributed by atoms with E-state index in [9.17, 15) is 4.79 Å². The van der Waals surface area contributed by atoms with Crippen LogP contribution in [0.1, 0.15) is 60.9 Å². The first-order valence-corrected chi connectivity index (χ1v) is 6.87. The fourth-order valence-corrected chi connectivity index (χ4v) is 2.69. The second-order valence-electron chi connectivity index (χ2n) is 4.56. The normalized spacial score (nSPS) is 12.8. The van der Waals surface area contributed by atoms with Crippen molar-refractivity contribution >= 4 is 17.4 Å². The van der Waals surface area contributed by atoms with E-state index in [1.165, 1.54) is 0 Å². The Labute approximate surface area is 109 Å². The molecule has 0 radical (unpaired) electrons. The summed E-state index contributed by atoms with van der Waals surface area (Å²) in [6.07, 6.45) is 3.41. The van der Waals surface area contributed by atoms with Crippen LogP contribution in [0.3, 0.4) is 0 Å². The Morgan fingerprint density at radius 3 is 2.53 bits per heavy atom. The van der Waals surface area contributed by atoms with Crippen molar-refractivity contribution in [1.29, 1.82) is 0 Å². The minimum Gasteiger partial charge on any atom is -0.345 e. The molecule has 1 atom stereocenters. The maximum Gasteiger partial charge on any atom is 0.179 e. The minimum absolute atomic E-state index is 0.0253. The maximum atomic E-state index is 11.7. The lowest BCUT2D eigenvalue weighted by molar-refractivity contribution is 0.102. The van der Waals surface area contributed by atoms with Gasteiger partial charge in [-0.2, -0.15) is 0 Å². The van der Waals surface area contributed by atoms with Gasteiger partial charge in [-0.1, -0.05) is 20.3 Å². The van der Waals surface area contributed by atoms with E-state index < -0.39 is 0 Å². The van der Waals surface area contributed by atoms with Crippen molar-refractivity contribution in [3.63, 3.8) is 0 Å². The molecule has 0 N–H and O–H groups in total. The molecule has 0 amide bonds. The van der Waals surface area contributed by atoms with Crippen LogP contribution in [0.25, 0.3) is 0 Å². The zero-order valence-electron chi connectivity index (χ0n) is 11.2. The summed E-state index contributed by atoms with van der Waals surface area (Å²) < 4.78 is 2.29. The maximum absolute atomic E-state index is 11.7. The topological polar surface area (TPSA) is 22.0 Å². The van der Waals surface area contributed by atoms with Crippen LogP contribution < -0.4 is 0 Å². The molecule has 0 aliphatic heterocycles. The van der Waals surface area contributed by atoms with Gasteiger partial charge in [0.15, 0.2) is 5.78 Å². The minimum atomic E-state index is 0.0253. The highest BCUT2D eigenvalue weighted by molar-refractivity contribution is 6.30. The number of Topliss-reactive ketones (excluding diaryl/α,β-unsaturated/α-hetero) is 1. The Kier molecular flexibility index (Phi) is 5.26. The molecule has 0 bridgehead atoms. The average Bonchev–Trinajstić information content (AvgIpc) is 2.61. The van der Waals surface area contributed by atoms with Crippen LogP contribution in [0, 0.1) is 13.8 Å². The average molecular weight is 256 g/mol. The largest absolute Gasteiger partial charge is 0.345 e. The standard InChI is InChI=1S/C14H22ClNO/c1-5-7-12(6-2)16-10(3)8-13(11(16)4)14(17)9-15/h8,12H,5-7,9H2,1-4H3. The first-order valence-electron chi connectivity index (χ1n) is 6.34. The second kappa shape index (κ2) is 6.25. The number of carbonyl (C=O) groups is 1. The molecule has 3 heteroatoms. The number of halogens is 1. The molecule has 0 aliphatic carbocycles. The summed E-state index contributed by atoms with van der Waals surface area (Å²) in [6.45, 7) is 8.48. The van der Waals surface area contributed by atoms with Crippen LogP contribution in [-0.2, 0) is 0 Å². The van der Waals surface area contributed by atoms with Crippen LogP contribution >= 0.6 is 11.6 Å². The molecule has 0 aliphatic rings. The summed E-state index contributed by atoms with van der Waals surface area (Å²) >= 11 is 5.64. The van der Waals surface area contributed by atoms with E-state index in [0.717, 1.165) is 36.2 Å². The predicted molar refractivity (Wildman–Crippen MR) is 73.2 cm³/mol.